The van der Waals surface area contributed by atoms with Gasteiger partial charge in [0.1, 0.15) is 5.60 Å². The molecule has 0 unspecified atom stereocenters. The number of amides is 1. The van der Waals surface area contributed by atoms with Gasteiger partial charge in [-0.2, -0.15) is 0 Å². The number of carbonyl (C=O) groups excluding carboxylic acids is 1. The lowest BCUT2D eigenvalue weighted by atomic mass is 9.68. The number of ether oxygens (including phenoxy) is 1. The van der Waals surface area contributed by atoms with E-state index in [1.165, 1.54) is 5.56 Å². The molecule has 0 aliphatic heterocycles. The molecule has 188 valence electrons. The van der Waals surface area contributed by atoms with Gasteiger partial charge in [-0.05, 0) is 82.3 Å². The molecule has 0 atom stereocenters. The first-order chi connectivity index (χ1) is 15.1. The van der Waals surface area contributed by atoms with E-state index in [1.807, 2.05) is 39.0 Å². The summed E-state index contributed by atoms with van der Waals surface area (Å²) in [6.07, 6.45) is 3.67. The second-order valence-electron chi connectivity index (χ2n) is 12.0. The summed E-state index contributed by atoms with van der Waals surface area (Å²) in [6, 6.07) is 8.52. The second-order valence-corrected chi connectivity index (χ2v) is 17.2. The van der Waals surface area contributed by atoms with Crippen molar-refractivity contribution in [2.24, 2.45) is 0 Å². The summed E-state index contributed by atoms with van der Waals surface area (Å²) in [6.45, 7) is 19.2. The van der Waals surface area contributed by atoms with E-state index in [9.17, 15) is 4.79 Å². The van der Waals surface area contributed by atoms with Crippen molar-refractivity contribution >= 4 is 26.0 Å². The van der Waals surface area contributed by atoms with Gasteiger partial charge < -0.3 is 19.8 Å². The van der Waals surface area contributed by atoms with Gasteiger partial charge in [-0.1, -0.05) is 44.5 Å². The zero-order chi connectivity index (χ0) is 24.9. The molecule has 1 aromatic carbocycles. The van der Waals surface area contributed by atoms with Crippen molar-refractivity contribution in [3.05, 3.63) is 34.9 Å². The van der Waals surface area contributed by atoms with Gasteiger partial charge in [0.15, 0.2) is 8.32 Å². The highest BCUT2D eigenvalue weighted by Crippen LogP contribution is 2.40. The normalized spacial score (nSPS) is 22.2. The molecule has 7 heteroatoms. The van der Waals surface area contributed by atoms with Crippen LogP contribution in [0.15, 0.2) is 24.3 Å². The monoisotopic (exact) mass is 496 g/mol. The van der Waals surface area contributed by atoms with Crippen molar-refractivity contribution in [1.29, 1.82) is 0 Å². The smallest absolute Gasteiger partial charge is 0.407 e. The number of benzene rings is 1. The van der Waals surface area contributed by atoms with Crippen LogP contribution in [-0.4, -0.2) is 45.7 Å². The van der Waals surface area contributed by atoms with E-state index >= 15 is 0 Å². The molecule has 2 N–H and O–H groups in total. The van der Waals surface area contributed by atoms with Crippen LogP contribution < -0.4 is 10.6 Å². The molecule has 1 aromatic rings. The van der Waals surface area contributed by atoms with Crippen molar-refractivity contribution in [2.45, 2.75) is 102 Å². The van der Waals surface area contributed by atoms with Gasteiger partial charge in [0.05, 0.1) is 0 Å². The van der Waals surface area contributed by atoms with Crippen LogP contribution in [0.3, 0.4) is 0 Å². The maximum atomic E-state index is 12.3. The summed E-state index contributed by atoms with van der Waals surface area (Å²) in [5, 5.41) is 7.69. The molecule has 1 amide bonds. The lowest BCUT2D eigenvalue weighted by Gasteiger charge is -2.41. The number of carbonyl (C=O) groups is 1. The molecule has 2 rings (SSSR count). The van der Waals surface area contributed by atoms with Gasteiger partial charge in [0.25, 0.3) is 0 Å². The van der Waals surface area contributed by atoms with Crippen molar-refractivity contribution in [3.63, 3.8) is 0 Å². The Bertz CT molecular complexity index is 778. The summed E-state index contributed by atoms with van der Waals surface area (Å²) < 4.78 is 11.8. The molecule has 0 radical (unpaired) electrons. The average Bonchev–Trinajstić information content (AvgIpc) is 2.68. The Morgan fingerprint density at radius 2 is 1.79 bits per heavy atom. The predicted octanol–water partition coefficient (Wildman–Crippen LogP) is 6.66. The average molecular weight is 497 g/mol. The summed E-state index contributed by atoms with van der Waals surface area (Å²) >= 11 is 6.32. The number of hydrogen-bond acceptors (Lipinski definition) is 4. The van der Waals surface area contributed by atoms with Crippen molar-refractivity contribution in [2.75, 3.05) is 19.7 Å². The van der Waals surface area contributed by atoms with Crippen molar-refractivity contribution in [1.82, 2.24) is 10.6 Å². The molecule has 1 fully saturated rings. The van der Waals surface area contributed by atoms with Crippen LogP contribution in [0.5, 0.6) is 0 Å². The lowest BCUT2D eigenvalue weighted by Crippen LogP contribution is -2.48. The Morgan fingerprint density at radius 3 is 2.33 bits per heavy atom. The van der Waals surface area contributed by atoms with Gasteiger partial charge in [-0.3, -0.25) is 0 Å². The fraction of sp³-hybridized carbons (Fsp3) is 0.731. The number of hydrogen-bond donors (Lipinski definition) is 2. The Kier molecular flexibility index (Phi) is 9.48. The van der Waals surface area contributed by atoms with Crippen LogP contribution in [-0.2, 0) is 14.6 Å². The molecule has 0 aromatic heterocycles. The molecule has 0 bridgehead atoms. The highest BCUT2D eigenvalue weighted by atomic mass is 35.5. The molecule has 0 saturated heterocycles. The molecule has 0 heterocycles. The summed E-state index contributed by atoms with van der Waals surface area (Å²) in [5.41, 5.74) is 0.532. The van der Waals surface area contributed by atoms with Crippen LogP contribution >= 0.6 is 11.6 Å². The van der Waals surface area contributed by atoms with E-state index < -0.39 is 13.9 Å². The van der Waals surface area contributed by atoms with Crippen molar-refractivity contribution < 1.29 is 14.0 Å². The third-order valence-electron chi connectivity index (χ3n) is 7.15. The van der Waals surface area contributed by atoms with E-state index in [4.69, 9.17) is 20.8 Å². The fourth-order valence-corrected chi connectivity index (χ4v) is 5.34. The van der Waals surface area contributed by atoms with E-state index in [0.717, 1.165) is 43.9 Å². The van der Waals surface area contributed by atoms with Crippen LogP contribution in [0.2, 0.25) is 23.2 Å². The van der Waals surface area contributed by atoms with E-state index in [-0.39, 0.29) is 16.5 Å². The quantitative estimate of drug-likeness (QED) is 0.312. The molecule has 0 spiro atoms. The number of halogens is 1. The maximum Gasteiger partial charge on any atom is 0.407 e. The lowest BCUT2D eigenvalue weighted by molar-refractivity contribution is 0.0505. The van der Waals surface area contributed by atoms with Gasteiger partial charge in [-0.15, -0.1) is 0 Å². The second kappa shape index (κ2) is 11.1. The minimum atomic E-state index is -1.71. The molecular formula is C26H45ClN2O3Si. The largest absolute Gasteiger partial charge is 0.444 e. The Balaban J connectivity index is 1.95. The summed E-state index contributed by atoms with van der Waals surface area (Å²) in [5.74, 6) is 0. The minimum absolute atomic E-state index is 0.141. The van der Waals surface area contributed by atoms with E-state index in [1.54, 1.807) is 0 Å². The van der Waals surface area contributed by atoms with E-state index in [0.29, 0.717) is 12.6 Å². The zero-order valence-corrected chi connectivity index (χ0v) is 23.7. The number of nitrogens with one attached hydrogen (secondary N) is 2. The van der Waals surface area contributed by atoms with Gasteiger partial charge in [0, 0.05) is 36.2 Å². The van der Waals surface area contributed by atoms with Gasteiger partial charge >= 0.3 is 6.09 Å². The third kappa shape index (κ3) is 8.57. The number of alkyl carbamates (subject to hydrolysis) is 1. The van der Waals surface area contributed by atoms with Gasteiger partial charge in [0.2, 0.25) is 0 Å². The minimum Gasteiger partial charge on any atom is -0.444 e. The first kappa shape index (κ1) is 28.2. The Hall–Kier alpha value is -1.08. The molecule has 1 aliphatic rings. The standard InChI is InChI=1S/C26H45ClN2O3Si/c1-24(2,3)32-23(30)29-19-26(20-10-9-11-21(27)18-20)14-12-22(13-15-26)28-16-17-31-33(7,8)25(4,5)6/h9-11,18,22,28H,12-17,19H2,1-8H3,(H,29,30)/t22-,26+. The molecule has 5 nitrogen and oxygen atoms in total. The van der Waals surface area contributed by atoms with Crippen molar-refractivity contribution in [3.8, 4) is 0 Å². The molecule has 33 heavy (non-hydrogen) atoms. The fourth-order valence-electron chi connectivity index (χ4n) is 4.10. The van der Waals surface area contributed by atoms with Crippen LogP contribution in [0, 0.1) is 0 Å². The van der Waals surface area contributed by atoms with Crippen LogP contribution in [0.25, 0.3) is 0 Å². The summed E-state index contributed by atoms with van der Waals surface area (Å²) in [4.78, 5) is 12.3. The third-order valence-corrected chi connectivity index (χ3v) is 11.9. The van der Waals surface area contributed by atoms with Crippen LogP contribution in [0.1, 0.15) is 72.8 Å². The summed E-state index contributed by atoms with van der Waals surface area (Å²) in [7, 11) is -1.71. The first-order valence-corrected chi connectivity index (χ1v) is 15.5. The SMILES string of the molecule is CC(C)(C)OC(=O)NC[C@]1(c2cccc(Cl)c2)CC[C@@H](NCCO[Si](C)(C)C(C)(C)C)CC1. The molecule has 1 aliphatic carbocycles. The Morgan fingerprint density at radius 1 is 1.15 bits per heavy atom. The van der Waals surface area contributed by atoms with E-state index in [2.05, 4.69) is 50.6 Å². The first-order valence-electron chi connectivity index (χ1n) is 12.2. The topological polar surface area (TPSA) is 59.6 Å². The maximum absolute atomic E-state index is 12.3. The highest BCUT2D eigenvalue weighted by molar-refractivity contribution is 6.74. The van der Waals surface area contributed by atoms with Gasteiger partial charge in [-0.25, -0.2) is 4.79 Å². The highest BCUT2D eigenvalue weighted by Gasteiger charge is 2.39. The molecule has 1 saturated carbocycles. The Labute approximate surface area is 207 Å². The van der Waals surface area contributed by atoms with Crippen LogP contribution in [0.4, 0.5) is 4.79 Å². The molecular weight excluding hydrogens is 452 g/mol. The predicted molar refractivity (Wildman–Crippen MR) is 141 cm³/mol. The zero-order valence-electron chi connectivity index (χ0n) is 21.9. The number of rotatable bonds is 8.